The molecule has 1 heterocycles. The van der Waals surface area contributed by atoms with Gasteiger partial charge in [0.1, 0.15) is 0 Å². The molecule has 1 aliphatic rings. The highest BCUT2D eigenvalue weighted by atomic mass is 16.7. The van der Waals surface area contributed by atoms with Crippen molar-refractivity contribution in [3.05, 3.63) is 41.4 Å². The normalized spacial score (nSPS) is 20.3. The van der Waals surface area contributed by atoms with Crippen molar-refractivity contribution in [3.63, 3.8) is 0 Å². The predicted octanol–water partition coefficient (Wildman–Crippen LogP) is 4.67. The third-order valence-corrected chi connectivity index (χ3v) is 4.52. The van der Waals surface area contributed by atoms with Gasteiger partial charge in [0.2, 0.25) is 0 Å². The number of hydrogen-bond donors (Lipinski definition) is 0. The Labute approximate surface area is 129 Å². The van der Waals surface area contributed by atoms with Crippen LogP contribution in [0.15, 0.2) is 30.2 Å². The van der Waals surface area contributed by atoms with Crippen molar-refractivity contribution >= 4 is 13.2 Å². The molecule has 1 aliphatic heterocycles. The fourth-order valence-electron chi connectivity index (χ4n) is 2.33. The van der Waals surface area contributed by atoms with E-state index in [1.165, 1.54) is 24.0 Å². The van der Waals surface area contributed by atoms with E-state index in [1.807, 2.05) is 5.98 Å². The van der Waals surface area contributed by atoms with Crippen LogP contribution in [0.3, 0.4) is 0 Å². The molecule has 3 heteroatoms. The second-order valence-corrected chi connectivity index (χ2v) is 6.83. The standard InChI is InChI=1S/C18H27BO2/c1-6-7-8-15-9-11-16(12-10-15)13-14-19-20-17(2,3)18(4,5)21-19/h9-14H,6-8H2,1-5H3. The van der Waals surface area contributed by atoms with E-state index < -0.39 is 0 Å². The highest BCUT2D eigenvalue weighted by Crippen LogP contribution is 2.37. The monoisotopic (exact) mass is 286 g/mol. The van der Waals surface area contributed by atoms with Gasteiger partial charge in [-0.3, -0.25) is 0 Å². The van der Waals surface area contributed by atoms with Crippen LogP contribution < -0.4 is 0 Å². The van der Waals surface area contributed by atoms with Gasteiger partial charge < -0.3 is 9.31 Å². The van der Waals surface area contributed by atoms with Crippen molar-refractivity contribution < 1.29 is 9.31 Å². The van der Waals surface area contributed by atoms with Crippen LogP contribution in [-0.4, -0.2) is 18.3 Å². The molecular weight excluding hydrogens is 259 g/mol. The number of hydrogen-bond acceptors (Lipinski definition) is 2. The highest BCUT2D eigenvalue weighted by molar-refractivity contribution is 6.52. The molecule has 0 amide bonds. The first-order valence-corrected chi connectivity index (χ1v) is 7.97. The number of aryl methyl sites for hydroxylation is 1. The van der Waals surface area contributed by atoms with Gasteiger partial charge in [0.05, 0.1) is 11.2 Å². The van der Waals surface area contributed by atoms with Crippen molar-refractivity contribution in [2.24, 2.45) is 0 Å². The topological polar surface area (TPSA) is 18.5 Å². The van der Waals surface area contributed by atoms with Gasteiger partial charge in [-0.2, -0.15) is 0 Å². The summed E-state index contributed by atoms with van der Waals surface area (Å²) in [6.45, 7) is 10.5. The molecule has 114 valence electrons. The van der Waals surface area contributed by atoms with Crippen molar-refractivity contribution in [2.75, 3.05) is 0 Å². The van der Waals surface area contributed by atoms with Crippen LogP contribution >= 0.6 is 0 Å². The quantitative estimate of drug-likeness (QED) is 0.732. The molecule has 1 aromatic rings. The van der Waals surface area contributed by atoms with Crippen LogP contribution in [0.2, 0.25) is 0 Å². The summed E-state index contributed by atoms with van der Waals surface area (Å²) in [6.07, 6.45) is 5.73. The Bertz CT molecular complexity index is 472. The van der Waals surface area contributed by atoms with E-state index in [4.69, 9.17) is 9.31 Å². The predicted molar refractivity (Wildman–Crippen MR) is 90.2 cm³/mol. The molecule has 0 spiro atoms. The molecule has 0 N–H and O–H groups in total. The fourth-order valence-corrected chi connectivity index (χ4v) is 2.33. The van der Waals surface area contributed by atoms with Crippen LogP contribution in [0.1, 0.15) is 58.6 Å². The third-order valence-electron chi connectivity index (χ3n) is 4.52. The first-order chi connectivity index (χ1) is 9.84. The van der Waals surface area contributed by atoms with E-state index in [0.29, 0.717) is 0 Å². The minimum Gasteiger partial charge on any atom is -0.400 e. The average Bonchev–Trinajstić information content (AvgIpc) is 2.63. The third kappa shape index (κ3) is 3.99. The molecule has 2 nitrogen and oxygen atoms in total. The lowest BCUT2D eigenvalue weighted by atomic mass is 9.89. The maximum atomic E-state index is 5.95. The molecule has 0 aliphatic carbocycles. The minimum absolute atomic E-state index is 0.269. The Morgan fingerprint density at radius 3 is 2.10 bits per heavy atom. The lowest BCUT2D eigenvalue weighted by Gasteiger charge is -2.32. The SMILES string of the molecule is CCCCc1ccc(C=CB2OC(C)(C)C(C)(C)O2)cc1. The molecule has 1 saturated heterocycles. The maximum Gasteiger partial charge on any atom is 0.487 e. The molecule has 0 aromatic heterocycles. The summed E-state index contributed by atoms with van der Waals surface area (Å²) in [4.78, 5) is 0. The zero-order valence-electron chi connectivity index (χ0n) is 14.0. The van der Waals surface area contributed by atoms with Gasteiger partial charge in [-0.15, -0.1) is 0 Å². The van der Waals surface area contributed by atoms with Gasteiger partial charge >= 0.3 is 7.12 Å². The summed E-state index contributed by atoms with van der Waals surface area (Å²) < 4.78 is 11.9. The molecule has 0 bridgehead atoms. The van der Waals surface area contributed by atoms with Crippen molar-refractivity contribution in [3.8, 4) is 0 Å². The van der Waals surface area contributed by atoms with Gasteiger partial charge in [0, 0.05) is 0 Å². The van der Waals surface area contributed by atoms with E-state index in [2.05, 4.69) is 65.0 Å². The smallest absolute Gasteiger partial charge is 0.400 e. The van der Waals surface area contributed by atoms with Crippen LogP contribution in [0.25, 0.3) is 6.08 Å². The molecule has 0 atom stereocenters. The van der Waals surface area contributed by atoms with E-state index >= 15 is 0 Å². The largest absolute Gasteiger partial charge is 0.487 e. The van der Waals surface area contributed by atoms with Crippen LogP contribution in [0.5, 0.6) is 0 Å². The Hall–Kier alpha value is -1.06. The van der Waals surface area contributed by atoms with Gasteiger partial charge in [0.25, 0.3) is 0 Å². The average molecular weight is 286 g/mol. The van der Waals surface area contributed by atoms with Gasteiger partial charge in [-0.05, 0) is 51.7 Å². The van der Waals surface area contributed by atoms with E-state index in [1.54, 1.807) is 0 Å². The van der Waals surface area contributed by atoms with Gasteiger partial charge in [0.15, 0.2) is 0 Å². The summed E-state index contributed by atoms with van der Waals surface area (Å²) in [6, 6.07) is 8.73. The van der Waals surface area contributed by atoms with E-state index in [9.17, 15) is 0 Å². The summed E-state index contributed by atoms with van der Waals surface area (Å²) in [5.41, 5.74) is 2.05. The Morgan fingerprint density at radius 1 is 1.00 bits per heavy atom. The fraction of sp³-hybridized carbons (Fsp3) is 0.556. The van der Waals surface area contributed by atoms with Gasteiger partial charge in [-0.25, -0.2) is 0 Å². The van der Waals surface area contributed by atoms with Crippen molar-refractivity contribution in [2.45, 2.75) is 65.1 Å². The molecular formula is C18H27BO2. The summed E-state index contributed by atoms with van der Waals surface area (Å²) in [7, 11) is -0.269. The molecule has 0 unspecified atom stereocenters. The highest BCUT2D eigenvalue weighted by Gasteiger charge is 2.49. The van der Waals surface area contributed by atoms with Crippen LogP contribution in [0.4, 0.5) is 0 Å². The van der Waals surface area contributed by atoms with E-state index in [0.717, 1.165) is 6.42 Å². The molecule has 1 aromatic carbocycles. The molecule has 0 radical (unpaired) electrons. The number of unbranched alkanes of at least 4 members (excludes halogenated alkanes) is 1. The molecule has 1 fully saturated rings. The summed E-state index contributed by atoms with van der Waals surface area (Å²) >= 11 is 0. The lowest BCUT2D eigenvalue weighted by molar-refractivity contribution is 0.00578. The van der Waals surface area contributed by atoms with Gasteiger partial charge in [-0.1, -0.05) is 49.7 Å². The van der Waals surface area contributed by atoms with Crippen molar-refractivity contribution in [1.29, 1.82) is 0 Å². The van der Waals surface area contributed by atoms with E-state index in [-0.39, 0.29) is 18.3 Å². The number of benzene rings is 1. The second kappa shape index (κ2) is 6.37. The summed E-state index contributed by atoms with van der Waals surface area (Å²) in [5, 5.41) is 0. The lowest BCUT2D eigenvalue weighted by Crippen LogP contribution is -2.41. The second-order valence-electron chi connectivity index (χ2n) is 6.83. The number of rotatable bonds is 5. The summed E-state index contributed by atoms with van der Waals surface area (Å²) in [5.74, 6) is 2.00. The Balaban J connectivity index is 1.96. The van der Waals surface area contributed by atoms with Crippen LogP contribution in [-0.2, 0) is 15.7 Å². The minimum atomic E-state index is -0.272. The zero-order valence-corrected chi connectivity index (χ0v) is 14.0. The first kappa shape index (κ1) is 16.3. The maximum absolute atomic E-state index is 5.95. The first-order valence-electron chi connectivity index (χ1n) is 7.97. The Morgan fingerprint density at radius 2 is 1.57 bits per heavy atom. The molecule has 21 heavy (non-hydrogen) atoms. The Kier molecular flexibility index (Phi) is 4.95. The van der Waals surface area contributed by atoms with Crippen LogP contribution in [0, 0.1) is 0 Å². The zero-order chi connectivity index (χ0) is 15.5. The molecule has 2 rings (SSSR count). The molecule has 0 saturated carbocycles. The van der Waals surface area contributed by atoms with Crippen molar-refractivity contribution in [1.82, 2.24) is 0 Å².